The van der Waals surface area contributed by atoms with Crippen LogP contribution in [0.25, 0.3) is 21.5 Å². The third kappa shape index (κ3) is 3.76. The van der Waals surface area contributed by atoms with Gasteiger partial charge in [0.15, 0.2) is 16.1 Å². The second-order valence-corrected chi connectivity index (χ2v) is 8.09. The van der Waals surface area contributed by atoms with E-state index in [0.717, 1.165) is 16.8 Å². The fourth-order valence-corrected chi connectivity index (χ4v) is 4.73. The van der Waals surface area contributed by atoms with Crippen molar-refractivity contribution in [2.45, 2.75) is 18.6 Å². The van der Waals surface area contributed by atoms with Gasteiger partial charge in [0.05, 0.1) is 11.4 Å². The van der Waals surface area contributed by atoms with Crippen LogP contribution in [0.2, 0.25) is 5.15 Å². The van der Waals surface area contributed by atoms with E-state index >= 15 is 0 Å². The molecule has 0 unspecified atom stereocenters. The molecule has 4 aromatic rings. The maximum absolute atomic E-state index is 12.3. The number of hydrogen-bond acceptors (Lipinski definition) is 6. The van der Waals surface area contributed by atoms with E-state index in [9.17, 15) is 4.79 Å². The molecule has 0 saturated carbocycles. The van der Waals surface area contributed by atoms with Gasteiger partial charge in [0.1, 0.15) is 0 Å². The quantitative estimate of drug-likeness (QED) is 0.346. The molecule has 0 fully saturated rings. The van der Waals surface area contributed by atoms with E-state index < -0.39 is 0 Å². The molecule has 0 aliphatic carbocycles. The fraction of sp³-hybridized carbons (Fsp3) is 0.158. The van der Waals surface area contributed by atoms with E-state index in [4.69, 9.17) is 11.6 Å². The van der Waals surface area contributed by atoms with Crippen molar-refractivity contribution in [3.63, 3.8) is 0 Å². The highest BCUT2D eigenvalue weighted by molar-refractivity contribution is 7.99. The van der Waals surface area contributed by atoms with Gasteiger partial charge in [-0.25, -0.2) is 4.98 Å². The van der Waals surface area contributed by atoms with E-state index in [1.807, 2.05) is 23.6 Å². The van der Waals surface area contributed by atoms with E-state index in [1.165, 1.54) is 16.5 Å². The van der Waals surface area contributed by atoms with E-state index in [2.05, 4.69) is 38.0 Å². The van der Waals surface area contributed by atoms with E-state index in [1.54, 1.807) is 29.7 Å². The molecule has 1 aromatic carbocycles. The summed E-state index contributed by atoms with van der Waals surface area (Å²) in [7, 11) is 0. The molecule has 0 aliphatic rings. The second-order valence-electron chi connectivity index (χ2n) is 5.87. The number of fused-ring (bicyclic) bond motifs is 1. The van der Waals surface area contributed by atoms with Gasteiger partial charge in [0, 0.05) is 33.8 Å². The lowest BCUT2D eigenvalue weighted by molar-refractivity contribution is -0.113. The van der Waals surface area contributed by atoms with E-state index in [-0.39, 0.29) is 16.8 Å². The highest BCUT2D eigenvalue weighted by Crippen LogP contribution is 2.34. The number of pyridine rings is 1. The molecule has 6 nitrogen and oxygen atoms in total. The van der Waals surface area contributed by atoms with Crippen molar-refractivity contribution < 1.29 is 4.79 Å². The molecular weight excluding hydrogens is 414 g/mol. The van der Waals surface area contributed by atoms with Gasteiger partial charge in [-0.05, 0) is 25.1 Å². The predicted octanol–water partition coefficient (Wildman–Crippen LogP) is 4.96. The maximum Gasteiger partial charge on any atom is 0.234 e. The first-order chi connectivity index (χ1) is 13.7. The topological polar surface area (TPSA) is 72.7 Å². The van der Waals surface area contributed by atoms with E-state index in [0.29, 0.717) is 17.4 Å². The van der Waals surface area contributed by atoms with Crippen LogP contribution in [0.4, 0.5) is 5.69 Å². The Labute approximate surface area is 175 Å². The fourth-order valence-electron chi connectivity index (χ4n) is 2.83. The Morgan fingerprint density at radius 3 is 2.93 bits per heavy atom. The van der Waals surface area contributed by atoms with Crippen molar-refractivity contribution in [1.29, 1.82) is 0 Å². The summed E-state index contributed by atoms with van der Waals surface area (Å²) in [4.78, 5) is 16.2. The van der Waals surface area contributed by atoms with Gasteiger partial charge in [-0.1, -0.05) is 41.6 Å². The third-order valence-electron chi connectivity index (χ3n) is 4.12. The molecule has 1 N–H and O–H groups in total. The molecule has 0 saturated heterocycles. The standard InChI is InChI=1S/C19H16ClN5OS2/c1-2-25-18(13-10-27-15-8-4-3-6-12(13)15)23-24-19(25)28-11-16(26)22-14-7-5-9-21-17(14)20/h3-10H,2,11H2,1H3,(H,22,26). The van der Waals surface area contributed by atoms with Crippen molar-refractivity contribution in [1.82, 2.24) is 19.7 Å². The first-order valence-electron chi connectivity index (χ1n) is 8.60. The summed E-state index contributed by atoms with van der Waals surface area (Å²) in [6, 6.07) is 11.7. The molecule has 3 heterocycles. The molecule has 0 atom stereocenters. The number of amides is 1. The number of carbonyl (C=O) groups is 1. The van der Waals surface area contributed by atoms with Crippen molar-refractivity contribution in [3.05, 3.63) is 53.1 Å². The van der Waals surface area contributed by atoms with Crippen LogP contribution in [0.3, 0.4) is 0 Å². The number of thiophene rings is 1. The number of nitrogens with zero attached hydrogens (tertiary/aromatic N) is 4. The van der Waals surface area contributed by atoms with Crippen LogP contribution in [-0.4, -0.2) is 31.4 Å². The van der Waals surface area contributed by atoms with Crippen LogP contribution < -0.4 is 5.32 Å². The minimum absolute atomic E-state index is 0.173. The summed E-state index contributed by atoms with van der Waals surface area (Å²) >= 11 is 9.02. The Morgan fingerprint density at radius 1 is 1.25 bits per heavy atom. The zero-order valence-electron chi connectivity index (χ0n) is 14.9. The van der Waals surface area contributed by atoms with Crippen LogP contribution in [-0.2, 0) is 11.3 Å². The molecule has 28 heavy (non-hydrogen) atoms. The Hall–Kier alpha value is -2.42. The lowest BCUT2D eigenvalue weighted by atomic mass is 10.1. The smallest absolute Gasteiger partial charge is 0.234 e. The van der Waals surface area contributed by atoms with Crippen LogP contribution in [0.1, 0.15) is 6.92 Å². The number of nitrogens with one attached hydrogen (secondary N) is 1. The first kappa shape index (κ1) is 18.9. The molecule has 0 aliphatic heterocycles. The minimum atomic E-state index is -0.173. The van der Waals surface area contributed by atoms with Gasteiger partial charge in [-0.15, -0.1) is 21.5 Å². The van der Waals surface area contributed by atoms with Gasteiger partial charge in [-0.2, -0.15) is 0 Å². The molecule has 3 aromatic heterocycles. The molecule has 0 radical (unpaired) electrons. The van der Waals surface area contributed by atoms with Crippen LogP contribution in [0.15, 0.2) is 53.1 Å². The molecule has 4 rings (SSSR count). The highest BCUT2D eigenvalue weighted by atomic mass is 35.5. The number of carbonyl (C=O) groups excluding carboxylic acids is 1. The molecular formula is C19H16ClN5OS2. The summed E-state index contributed by atoms with van der Waals surface area (Å²) < 4.78 is 3.24. The van der Waals surface area contributed by atoms with Crippen LogP contribution in [0, 0.1) is 0 Å². The largest absolute Gasteiger partial charge is 0.323 e. The molecule has 0 bridgehead atoms. The van der Waals surface area contributed by atoms with Crippen LogP contribution >= 0.6 is 34.7 Å². The monoisotopic (exact) mass is 429 g/mol. The number of thioether (sulfide) groups is 1. The normalized spacial score (nSPS) is 11.1. The van der Waals surface area contributed by atoms with Gasteiger partial charge in [0.2, 0.25) is 5.91 Å². The number of hydrogen-bond donors (Lipinski definition) is 1. The third-order valence-corrected chi connectivity index (χ3v) is 6.35. The number of halogens is 1. The SMILES string of the molecule is CCn1c(SCC(=O)Nc2cccnc2Cl)nnc1-c1csc2ccccc12. The summed E-state index contributed by atoms with van der Waals surface area (Å²) in [6.07, 6.45) is 1.58. The van der Waals surface area contributed by atoms with Gasteiger partial charge < -0.3 is 9.88 Å². The molecule has 1 amide bonds. The molecule has 9 heteroatoms. The summed E-state index contributed by atoms with van der Waals surface area (Å²) in [5.41, 5.74) is 1.56. The number of rotatable bonds is 6. The molecule has 0 spiro atoms. The number of anilines is 1. The van der Waals surface area contributed by atoms with Crippen LogP contribution in [0.5, 0.6) is 0 Å². The van der Waals surface area contributed by atoms with Gasteiger partial charge in [-0.3, -0.25) is 4.79 Å². The van der Waals surface area contributed by atoms with Crippen molar-refractivity contribution in [2.75, 3.05) is 11.1 Å². The van der Waals surface area contributed by atoms with Crippen molar-refractivity contribution in [3.8, 4) is 11.4 Å². The van der Waals surface area contributed by atoms with Crippen molar-refractivity contribution >= 4 is 56.4 Å². The summed E-state index contributed by atoms with van der Waals surface area (Å²) in [5.74, 6) is 0.847. The zero-order chi connectivity index (χ0) is 19.5. The highest BCUT2D eigenvalue weighted by Gasteiger charge is 2.17. The average Bonchev–Trinajstić information content (AvgIpc) is 3.31. The number of benzene rings is 1. The first-order valence-corrected chi connectivity index (χ1v) is 10.8. The lowest BCUT2D eigenvalue weighted by Gasteiger charge is -2.08. The predicted molar refractivity (Wildman–Crippen MR) is 115 cm³/mol. The minimum Gasteiger partial charge on any atom is -0.323 e. The maximum atomic E-state index is 12.3. The average molecular weight is 430 g/mol. The second kappa shape index (κ2) is 8.30. The van der Waals surface area contributed by atoms with Crippen molar-refractivity contribution in [2.24, 2.45) is 0 Å². The Kier molecular flexibility index (Phi) is 5.61. The summed E-state index contributed by atoms with van der Waals surface area (Å²) in [5, 5.41) is 15.7. The Bertz CT molecular complexity index is 1140. The van der Waals surface area contributed by atoms with Gasteiger partial charge in [0.25, 0.3) is 0 Å². The Morgan fingerprint density at radius 2 is 2.11 bits per heavy atom. The number of aromatic nitrogens is 4. The van der Waals surface area contributed by atoms with Gasteiger partial charge >= 0.3 is 0 Å². The zero-order valence-corrected chi connectivity index (χ0v) is 17.3. The lowest BCUT2D eigenvalue weighted by Crippen LogP contribution is -2.15. The Balaban J connectivity index is 1.52. The summed E-state index contributed by atoms with van der Waals surface area (Å²) in [6.45, 7) is 2.76. The molecule has 142 valence electrons.